The van der Waals surface area contributed by atoms with Crippen molar-refractivity contribution in [3.63, 3.8) is 0 Å². The lowest BCUT2D eigenvalue weighted by Crippen LogP contribution is -2.11. The van der Waals surface area contributed by atoms with Crippen molar-refractivity contribution in [2.75, 3.05) is 13.2 Å². The Kier molecular flexibility index (Phi) is 5.32. The van der Waals surface area contributed by atoms with Gasteiger partial charge in [-0.1, -0.05) is 12.1 Å². The number of fused-ring (bicyclic) bond motifs is 2. The highest BCUT2D eigenvalue weighted by Crippen LogP contribution is 2.31. The molecule has 0 aliphatic heterocycles. The van der Waals surface area contributed by atoms with E-state index in [2.05, 4.69) is 25.4 Å². The summed E-state index contributed by atoms with van der Waals surface area (Å²) in [4.78, 5) is 8.98. The van der Waals surface area contributed by atoms with Crippen molar-refractivity contribution in [1.29, 1.82) is 0 Å². The zero-order valence-electron chi connectivity index (χ0n) is 16.3. The topological polar surface area (TPSA) is 97.8 Å². The highest BCUT2D eigenvalue weighted by atomic mass is 19.1. The molecule has 1 aromatic carbocycles. The minimum absolute atomic E-state index is 0.0594. The first-order valence-corrected chi connectivity index (χ1v) is 9.24. The van der Waals surface area contributed by atoms with Crippen LogP contribution in [0.15, 0.2) is 41.7 Å². The number of aromatic nitrogens is 5. The highest BCUT2D eigenvalue weighted by Gasteiger charge is 2.25. The van der Waals surface area contributed by atoms with Gasteiger partial charge < -0.3 is 9.94 Å². The van der Waals surface area contributed by atoms with Crippen LogP contribution in [-0.2, 0) is 4.84 Å². The first kappa shape index (κ1) is 19.8. The highest BCUT2D eigenvalue weighted by molar-refractivity contribution is 5.96. The van der Waals surface area contributed by atoms with Crippen molar-refractivity contribution in [2.24, 2.45) is 5.16 Å². The number of nitrogens with zero attached hydrogens (tertiary/aromatic N) is 6. The van der Waals surface area contributed by atoms with Crippen molar-refractivity contribution >= 4 is 22.3 Å². The number of rotatable bonds is 6. The molecule has 0 fully saturated rings. The molecule has 4 rings (SSSR count). The average Bonchev–Trinajstić information content (AvgIpc) is 3.17. The normalized spacial score (nSPS) is 13.2. The summed E-state index contributed by atoms with van der Waals surface area (Å²) >= 11 is 0. The smallest absolute Gasteiger partial charge is 0.177 e. The van der Waals surface area contributed by atoms with Crippen LogP contribution >= 0.6 is 0 Å². The van der Waals surface area contributed by atoms with E-state index < -0.39 is 17.6 Å². The Balaban J connectivity index is 1.79. The number of halogens is 2. The van der Waals surface area contributed by atoms with Gasteiger partial charge in [0.05, 0.1) is 12.1 Å². The molecule has 3 aromatic heterocycles. The van der Waals surface area contributed by atoms with E-state index in [1.807, 2.05) is 0 Å². The minimum Gasteiger partial charge on any atom is -0.393 e. The van der Waals surface area contributed by atoms with Gasteiger partial charge in [-0.3, -0.25) is 4.98 Å². The van der Waals surface area contributed by atoms with E-state index in [0.29, 0.717) is 17.1 Å². The van der Waals surface area contributed by atoms with Gasteiger partial charge in [-0.05, 0) is 31.2 Å². The maximum atomic E-state index is 15.1. The molecular weight excluding hydrogens is 394 g/mol. The summed E-state index contributed by atoms with van der Waals surface area (Å²) in [5.41, 5.74) is 1.47. The van der Waals surface area contributed by atoms with Crippen LogP contribution in [0.1, 0.15) is 36.8 Å². The lowest BCUT2D eigenvalue weighted by Gasteiger charge is -2.14. The molecule has 0 aliphatic carbocycles. The van der Waals surface area contributed by atoms with Crippen LogP contribution in [0, 0.1) is 11.6 Å². The molecular formula is C20H18F2N6O2. The van der Waals surface area contributed by atoms with Crippen molar-refractivity contribution in [1.82, 2.24) is 24.8 Å². The van der Waals surface area contributed by atoms with Gasteiger partial charge in [0.1, 0.15) is 29.6 Å². The molecule has 0 saturated carbocycles. The molecule has 1 atom stereocenters. The average molecular weight is 412 g/mol. The van der Waals surface area contributed by atoms with Gasteiger partial charge in [0.2, 0.25) is 0 Å². The van der Waals surface area contributed by atoms with Gasteiger partial charge in [0.15, 0.2) is 11.5 Å². The maximum absolute atomic E-state index is 15.1. The number of aliphatic hydroxyl groups is 1. The van der Waals surface area contributed by atoms with Gasteiger partial charge in [0.25, 0.3) is 0 Å². The fraction of sp³-hybridized carbons (Fsp3) is 0.250. The predicted octanol–water partition coefficient (Wildman–Crippen LogP) is 2.84. The van der Waals surface area contributed by atoms with Crippen LogP contribution in [0.2, 0.25) is 0 Å². The van der Waals surface area contributed by atoms with Gasteiger partial charge in [-0.25, -0.2) is 8.78 Å². The molecule has 0 bridgehead atoms. The number of hydrogen-bond donors (Lipinski definition) is 1. The second kappa shape index (κ2) is 8.07. The van der Waals surface area contributed by atoms with Crippen molar-refractivity contribution in [3.8, 4) is 0 Å². The van der Waals surface area contributed by atoms with E-state index in [1.54, 1.807) is 38.1 Å². The van der Waals surface area contributed by atoms with Gasteiger partial charge in [-0.15, -0.1) is 10.2 Å². The summed E-state index contributed by atoms with van der Waals surface area (Å²) in [6.45, 7) is 3.23. The van der Waals surface area contributed by atoms with Crippen LogP contribution in [0.3, 0.4) is 0 Å². The quantitative estimate of drug-likeness (QED) is 0.297. The van der Waals surface area contributed by atoms with E-state index in [1.165, 1.54) is 16.8 Å². The lowest BCUT2D eigenvalue weighted by atomic mass is 9.97. The van der Waals surface area contributed by atoms with Gasteiger partial charge in [-0.2, -0.15) is 9.61 Å². The Labute approximate surface area is 169 Å². The third-order valence-corrected chi connectivity index (χ3v) is 4.69. The predicted molar refractivity (Wildman–Crippen MR) is 105 cm³/mol. The van der Waals surface area contributed by atoms with Crippen LogP contribution in [0.25, 0.3) is 16.6 Å². The molecule has 154 valence electrons. The third kappa shape index (κ3) is 3.45. The van der Waals surface area contributed by atoms with Crippen molar-refractivity contribution in [3.05, 3.63) is 65.2 Å². The monoisotopic (exact) mass is 412 g/mol. The summed E-state index contributed by atoms with van der Waals surface area (Å²) in [7, 11) is 0. The Morgan fingerprint density at radius 1 is 1.27 bits per heavy atom. The number of hydrogen-bond acceptors (Lipinski definition) is 7. The van der Waals surface area contributed by atoms with E-state index >= 15 is 4.39 Å². The summed E-state index contributed by atoms with van der Waals surface area (Å²) in [5.74, 6) is -1.89. The summed E-state index contributed by atoms with van der Waals surface area (Å²) in [5, 5.41) is 25.5. The fourth-order valence-electron chi connectivity index (χ4n) is 3.19. The summed E-state index contributed by atoms with van der Waals surface area (Å²) in [6, 6.07) is 7.72. The van der Waals surface area contributed by atoms with Crippen LogP contribution in [0.5, 0.6) is 0 Å². The maximum Gasteiger partial charge on any atom is 0.177 e. The molecule has 30 heavy (non-hydrogen) atoms. The Morgan fingerprint density at radius 2 is 2.10 bits per heavy atom. The lowest BCUT2D eigenvalue weighted by molar-refractivity contribution is 0.0986. The number of aliphatic hydroxyl groups excluding tert-OH is 1. The molecule has 10 heteroatoms. The minimum atomic E-state index is -0.768. The first-order valence-electron chi connectivity index (χ1n) is 9.24. The summed E-state index contributed by atoms with van der Waals surface area (Å²) in [6.07, 6.45) is 1.48. The van der Waals surface area contributed by atoms with Gasteiger partial charge in [0, 0.05) is 29.1 Å². The third-order valence-electron chi connectivity index (χ3n) is 4.69. The molecule has 1 N–H and O–H groups in total. The van der Waals surface area contributed by atoms with Crippen molar-refractivity contribution < 1.29 is 18.7 Å². The molecule has 0 radical (unpaired) electrons. The molecule has 0 amide bonds. The van der Waals surface area contributed by atoms with E-state index in [4.69, 9.17) is 9.94 Å². The number of oxime groups is 1. The molecule has 0 aliphatic rings. The standard InChI is InChI=1S/C20H18F2N6O2/c1-11(18-14(21)10-16-13(19(18)22)4-3-7-23-16)20-25-24-17-6-5-15(26-28(17)20)12(2)27-30-9-8-29/h3-7,10-11,29H,8-9H2,1-2H3. The second-order valence-electron chi connectivity index (χ2n) is 6.66. The van der Waals surface area contributed by atoms with Gasteiger partial charge >= 0.3 is 0 Å². The number of pyridine rings is 1. The second-order valence-corrected chi connectivity index (χ2v) is 6.66. The molecule has 1 unspecified atom stereocenters. The molecule has 4 aromatic rings. The van der Waals surface area contributed by atoms with Crippen LogP contribution in [0.4, 0.5) is 8.78 Å². The Bertz CT molecular complexity index is 1260. The van der Waals surface area contributed by atoms with Crippen LogP contribution in [-0.4, -0.2) is 48.8 Å². The molecule has 3 heterocycles. The van der Waals surface area contributed by atoms with Crippen LogP contribution < -0.4 is 0 Å². The van der Waals surface area contributed by atoms with Crippen molar-refractivity contribution in [2.45, 2.75) is 19.8 Å². The molecule has 0 spiro atoms. The largest absolute Gasteiger partial charge is 0.393 e. The Morgan fingerprint density at radius 3 is 2.90 bits per heavy atom. The fourth-order valence-corrected chi connectivity index (χ4v) is 3.19. The number of benzene rings is 1. The summed E-state index contributed by atoms with van der Waals surface area (Å²) < 4.78 is 31.4. The SMILES string of the molecule is CC(=NOCCO)c1ccc2nnc(C(C)c3c(F)cc4ncccc4c3F)n2n1. The zero-order chi connectivity index (χ0) is 21.3. The van der Waals surface area contributed by atoms with E-state index in [0.717, 1.165) is 0 Å². The Hall–Kier alpha value is -3.53. The first-order chi connectivity index (χ1) is 14.5. The van der Waals surface area contributed by atoms with E-state index in [-0.39, 0.29) is 35.5 Å². The zero-order valence-corrected chi connectivity index (χ0v) is 16.3. The van der Waals surface area contributed by atoms with E-state index in [9.17, 15) is 4.39 Å². The molecule has 8 nitrogen and oxygen atoms in total. The molecule has 0 saturated heterocycles.